The molecule has 0 saturated heterocycles. The molecule has 4 aromatic rings. The molecule has 1 saturated carbocycles. The molecule has 2 aromatic carbocycles. The van der Waals surface area contributed by atoms with Crippen molar-refractivity contribution in [2.45, 2.75) is 43.6 Å². The number of nitrogens with zero attached hydrogens (tertiary/aromatic N) is 2. The van der Waals surface area contributed by atoms with Crippen LogP contribution >= 0.6 is 0 Å². The number of aromatic nitrogens is 2. The number of hydrogen-bond acceptors (Lipinski definition) is 7. The number of para-hydroxylation sites is 1. The molecule has 0 amide bonds. The summed E-state index contributed by atoms with van der Waals surface area (Å²) in [6.07, 6.45) is 4.08. The van der Waals surface area contributed by atoms with Crippen LogP contribution in [0, 0.1) is 6.92 Å². The van der Waals surface area contributed by atoms with E-state index >= 15 is 0 Å². The maximum Gasteiger partial charge on any atom is 0.304 e. The highest BCUT2D eigenvalue weighted by Gasteiger charge is 2.35. The van der Waals surface area contributed by atoms with Gasteiger partial charge in [-0.1, -0.05) is 31.0 Å². The number of ether oxygens (including phenoxy) is 1. The lowest BCUT2D eigenvalue weighted by molar-refractivity contribution is 0.216. The number of aromatic hydroxyl groups is 1. The summed E-state index contributed by atoms with van der Waals surface area (Å²) in [6.45, 7) is 1.88. The van der Waals surface area contributed by atoms with Crippen molar-refractivity contribution in [1.29, 1.82) is 0 Å². The fourth-order valence-corrected chi connectivity index (χ4v) is 5.82. The fourth-order valence-electron chi connectivity index (χ4n) is 4.45. The zero-order valence-electron chi connectivity index (χ0n) is 18.3. The highest BCUT2D eigenvalue weighted by atomic mass is 32.2. The normalized spacial score (nSPS) is 14.8. The summed E-state index contributed by atoms with van der Waals surface area (Å²) in [5, 5.41) is 16.4. The number of hydrogen-bond donors (Lipinski definition) is 1. The number of phenols is 1. The molecule has 33 heavy (non-hydrogen) atoms. The Hall–Kier alpha value is -3.30. The molecule has 1 aliphatic rings. The highest BCUT2D eigenvalue weighted by Crippen LogP contribution is 2.49. The molecular formula is C24H24N2O6S. The SMILES string of the molecule is COc1c(-c2cc(C)n(-c3ccccc3)n2)c(O)c(S(=O)(=O)OC2CCCC2)c2occc12. The van der Waals surface area contributed by atoms with E-state index in [1.54, 1.807) is 16.8 Å². The smallest absolute Gasteiger partial charge is 0.304 e. The van der Waals surface area contributed by atoms with Gasteiger partial charge in [0.1, 0.15) is 11.4 Å². The monoisotopic (exact) mass is 468 g/mol. The number of aryl methyl sites for hydroxylation is 1. The van der Waals surface area contributed by atoms with Gasteiger partial charge in [0, 0.05) is 5.69 Å². The van der Waals surface area contributed by atoms with Crippen molar-refractivity contribution in [3.05, 3.63) is 54.4 Å². The van der Waals surface area contributed by atoms with Gasteiger partial charge >= 0.3 is 10.1 Å². The molecular weight excluding hydrogens is 444 g/mol. The van der Waals surface area contributed by atoms with E-state index < -0.39 is 26.9 Å². The summed E-state index contributed by atoms with van der Waals surface area (Å²) in [5.41, 5.74) is 2.16. The van der Waals surface area contributed by atoms with Gasteiger partial charge in [0.05, 0.1) is 36.1 Å². The predicted octanol–water partition coefficient (Wildman–Crippen LogP) is 4.96. The van der Waals surface area contributed by atoms with Gasteiger partial charge in [-0.2, -0.15) is 13.5 Å². The molecule has 0 spiro atoms. The van der Waals surface area contributed by atoms with Crippen molar-refractivity contribution in [3.63, 3.8) is 0 Å². The Kier molecular flexibility index (Phi) is 5.38. The summed E-state index contributed by atoms with van der Waals surface area (Å²) in [5.74, 6) is -0.237. The lowest BCUT2D eigenvalue weighted by Crippen LogP contribution is -2.16. The largest absolute Gasteiger partial charge is 0.505 e. The average Bonchev–Trinajstić information content (AvgIpc) is 3.54. The van der Waals surface area contributed by atoms with Gasteiger partial charge in [0.15, 0.2) is 16.2 Å². The van der Waals surface area contributed by atoms with E-state index in [1.807, 2.05) is 37.3 Å². The number of rotatable bonds is 6. The molecule has 0 bridgehead atoms. The number of methoxy groups -OCH3 is 1. The number of furan rings is 1. The van der Waals surface area contributed by atoms with Crippen LogP contribution < -0.4 is 4.74 Å². The Morgan fingerprint density at radius 2 is 1.88 bits per heavy atom. The van der Waals surface area contributed by atoms with Crippen molar-refractivity contribution in [3.8, 4) is 28.4 Å². The van der Waals surface area contributed by atoms with E-state index in [4.69, 9.17) is 13.3 Å². The second-order valence-electron chi connectivity index (χ2n) is 8.12. The molecule has 8 nitrogen and oxygen atoms in total. The van der Waals surface area contributed by atoms with Crippen LogP contribution in [0.2, 0.25) is 0 Å². The lowest BCUT2D eigenvalue weighted by atomic mass is 10.1. The molecule has 1 aliphatic carbocycles. The van der Waals surface area contributed by atoms with Crippen LogP contribution in [0.4, 0.5) is 0 Å². The first kappa shape index (κ1) is 21.5. The van der Waals surface area contributed by atoms with Crippen molar-refractivity contribution < 1.29 is 26.9 Å². The quantitative estimate of drug-likeness (QED) is 0.399. The van der Waals surface area contributed by atoms with Gasteiger partial charge in [-0.15, -0.1) is 0 Å². The third-order valence-corrected chi connectivity index (χ3v) is 7.36. The van der Waals surface area contributed by atoms with Crippen LogP contribution in [0.25, 0.3) is 27.9 Å². The van der Waals surface area contributed by atoms with Crippen molar-refractivity contribution in [2.75, 3.05) is 7.11 Å². The van der Waals surface area contributed by atoms with Crippen LogP contribution in [0.5, 0.6) is 11.5 Å². The fraction of sp³-hybridized carbons (Fsp3) is 0.292. The maximum atomic E-state index is 13.3. The van der Waals surface area contributed by atoms with Crippen LogP contribution in [0.3, 0.4) is 0 Å². The minimum atomic E-state index is -4.32. The molecule has 0 radical (unpaired) electrons. The van der Waals surface area contributed by atoms with Crippen molar-refractivity contribution in [1.82, 2.24) is 9.78 Å². The predicted molar refractivity (Wildman–Crippen MR) is 122 cm³/mol. The number of phenolic OH excluding ortho intramolecular Hbond substituents is 1. The van der Waals surface area contributed by atoms with Gasteiger partial charge in [-0.3, -0.25) is 4.18 Å². The van der Waals surface area contributed by atoms with Crippen LogP contribution in [0.1, 0.15) is 31.4 Å². The zero-order valence-corrected chi connectivity index (χ0v) is 19.1. The second kappa shape index (κ2) is 8.24. The van der Waals surface area contributed by atoms with Crippen molar-refractivity contribution in [2.24, 2.45) is 0 Å². The van der Waals surface area contributed by atoms with Crippen LogP contribution in [-0.2, 0) is 14.3 Å². The van der Waals surface area contributed by atoms with E-state index in [1.165, 1.54) is 13.4 Å². The Balaban J connectivity index is 1.73. The summed E-state index contributed by atoms with van der Waals surface area (Å²) in [6, 6.07) is 12.9. The van der Waals surface area contributed by atoms with E-state index in [0.29, 0.717) is 23.9 Å². The minimum absolute atomic E-state index is 0.00897. The average molecular weight is 469 g/mol. The number of benzene rings is 2. The Labute approximate surface area is 191 Å². The van der Waals surface area contributed by atoms with E-state index in [9.17, 15) is 13.5 Å². The molecule has 1 N–H and O–H groups in total. The molecule has 2 heterocycles. The molecule has 0 unspecified atom stereocenters. The van der Waals surface area contributed by atoms with Gasteiger partial charge in [0.2, 0.25) is 0 Å². The molecule has 0 aliphatic heterocycles. The van der Waals surface area contributed by atoms with E-state index in [-0.39, 0.29) is 16.9 Å². The molecule has 5 rings (SSSR count). The summed E-state index contributed by atoms with van der Waals surface area (Å²) < 4.78 is 44.9. The number of fused-ring (bicyclic) bond motifs is 1. The molecule has 2 aromatic heterocycles. The molecule has 1 fully saturated rings. The van der Waals surface area contributed by atoms with Gasteiger partial charge in [-0.25, -0.2) is 4.68 Å². The second-order valence-corrected chi connectivity index (χ2v) is 9.63. The van der Waals surface area contributed by atoms with Crippen LogP contribution in [0.15, 0.2) is 58.0 Å². The first-order chi connectivity index (χ1) is 15.9. The third kappa shape index (κ3) is 3.67. The van der Waals surface area contributed by atoms with Gasteiger partial charge in [0.25, 0.3) is 0 Å². The molecule has 9 heteroatoms. The first-order valence-electron chi connectivity index (χ1n) is 10.8. The zero-order chi connectivity index (χ0) is 23.2. The Morgan fingerprint density at radius 3 is 2.58 bits per heavy atom. The van der Waals surface area contributed by atoms with Gasteiger partial charge in [-0.05, 0) is 44.0 Å². The Bertz CT molecular complexity index is 1420. The minimum Gasteiger partial charge on any atom is -0.505 e. The maximum absolute atomic E-state index is 13.3. The van der Waals surface area contributed by atoms with Crippen LogP contribution in [-0.4, -0.2) is 36.5 Å². The summed E-state index contributed by atoms with van der Waals surface area (Å²) in [4.78, 5) is -0.405. The summed E-state index contributed by atoms with van der Waals surface area (Å²) in [7, 11) is -2.86. The highest BCUT2D eigenvalue weighted by molar-refractivity contribution is 7.87. The van der Waals surface area contributed by atoms with Crippen molar-refractivity contribution >= 4 is 21.1 Å². The van der Waals surface area contributed by atoms with E-state index in [2.05, 4.69) is 5.10 Å². The summed E-state index contributed by atoms with van der Waals surface area (Å²) >= 11 is 0. The lowest BCUT2D eigenvalue weighted by Gasteiger charge is -2.16. The van der Waals surface area contributed by atoms with Gasteiger partial charge < -0.3 is 14.3 Å². The Morgan fingerprint density at radius 1 is 1.15 bits per heavy atom. The first-order valence-corrected chi connectivity index (χ1v) is 12.2. The molecule has 0 atom stereocenters. The third-order valence-electron chi connectivity index (χ3n) is 5.96. The topological polar surface area (TPSA) is 104 Å². The molecule has 172 valence electrons. The standard InChI is InChI=1S/C24H24N2O6S/c1-15-14-19(25-26(15)16-8-4-3-5-9-16)20-21(27)24(23-18(12-13-31-23)22(20)30-2)33(28,29)32-17-10-6-7-11-17/h3-5,8-9,12-14,17,27H,6-7,10-11H2,1-2H3. The van der Waals surface area contributed by atoms with E-state index in [0.717, 1.165) is 24.2 Å².